The van der Waals surface area contributed by atoms with Gasteiger partial charge in [-0.3, -0.25) is 14.4 Å². The Labute approximate surface area is 164 Å². The summed E-state index contributed by atoms with van der Waals surface area (Å²) in [6, 6.07) is 8.49. The van der Waals surface area contributed by atoms with Crippen LogP contribution in [0.15, 0.2) is 42.5 Å². The number of hydrogen-bond donors (Lipinski definition) is 2. The van der Waals surface area contributed by atoms with Crippen molar-refractivity contribution < 1.29 is 37.4 Å². The Hall–Kier alpha value is -3.36. The Bertz CT molecular complexity index is 907. The van der Waals surface area contributed by atoms with E-state index in [1.165, 1.54) is 37.4 Å². The van der Waals surface area contributed by atoms with Crippen LogP contribution in [0.4, 0.5) is 13.2 Å². The lowest BCUT2D eigenvalue weighted by Gasteiger charge is -2.12. The lowest BCUT2D eigenvalue weighted by molar-refractivity contribution is -0.138. The Morgan fingerprint density at radius 3 is 2.24 bits per heavy atom. The highest BCUT2D eigenvalue weighted by molar-refractivity contribution is 6.02. The molecule has 0 heterocycles. The number of nitrogens with one attached hydrogen (secondary N) is 1. The fraction of sp³-hybridized carbons (Fsp3) is 0.250. The van der Waals surface area contributed by atoms with Gasteiger partial charge in [0.15, 0.2) is 5.78 Å². The van der Waals surface area contributed by atoms with Crippen LogP contribution in [0.2, 0.25) is 0 Å². The minimum atomic E-state index is -4.44. The summed E-state index contributed by atoms with van der Waals surface area (Å²) in [5.41, 5.74) is -0.117. The molecule has 2 rings (SSSR count). The molecule has 0 saturated heterocycles. The van der Waals surface area contributed by atoms with Crippen molar-refractivity contribution in [3.05, 3.63) is 64.7 Å². The van der Waals surface area contributed by atoms with E-state index in [-0.39, 0.29) is 36.3 Å². The molecule has 0 unspecified atom stereocenters. The molecule has 0 radical (unpaired) electrons. The SMILES string of the molecule is COc1ccc(C(=O)CCC(=O)O)cc1C(=O)NCc1ccc(C(F)(F)F)cc1. The molecular weight excluding hydrogens is 391 g/mol. The molecule has 2 aromatic rings. The smallest absolute Gasteiger partial charge is 0.416 e. The van der Waals surface area contributed by atoms with E-state index in [2.05, 4.69) is 5.32 Å². The molecule has 2 aromatic carbocycles. The first-order valence-corrected chi connectivity index (χ1v) is 8.49. The maximum atomic E-state index is 12.6. The van der Waals surface area contributed by atoms with Crippen molar-refractivity contribution in [2.45, 2.75) is 25.6 Å². The lowest BCUT2D eigenvalue weighted by atomic mass is 10.0. The molecule has 0 aromatic heterocycles. The number of carbonyl (C=O) groups is 3. The van der Waals surface area contributed by atoms with Crippen molar-refractivity contribution in [1.29, 1.82) is 0 Å². The second kappa shape index (κ2) is 9.22. The van der Waals surface area contributed by atoms with Crippen molar-refractivity contribution in [1.82, 2.24) is 5.32 Å². The quantitative estimate of drug-likeness (QED) is 0.649. The number of halogens is 3. The number of carbonyl (C=O) groups excluding carboxylic acids is 2. The highest BCUT2D eigenvalue weighted by Crippen LogP contribution is 2.29. The summed E-state index contributed by atoms with van der Waals surface area (Å²) in [6.45, 7) is -0.0304. The predicted octanol–water partition coefficient (Wildman–Crippen LogP) is 3.69. The molecule has 0 aliphatic heterocycles. The number of benzene rings is 2. The molecule has 1 amide bonds. The molecule has 0 fully saturated rings. The lowest BCUT2D eigenvalue weighted by Crippen LogP contribution is -2.24. The number of ether oxygens (including phenoxy) is 1. The second-order valence-corrected chi connectivity index (χ2v) is 6.11. The zero-order valence-corrected chi connectivity index (χ0v) is 15.4. The standard InChI is InChI=1S/C20H18F3NO5/c1-29-17-8-4-13(16(25)7-9-18(26)27)10-15(17)19(28)24-11-12-2-5-14(6-3-12)20(21,22)23/h2-6,8,10H,7,9,11H2,1H3,(H,24,28)(H,26,27). The van der Waals surface area contributed by atoms with Crippen molar-refractivity contribution in [2.24, 2.45) is 0 Å². The van der Waals surface area contributed by atoms with Crippen LogP contribution in [0.3, 0.4) is 0 Å². The molecule has 2 N–H and O–H groups in total. The molecule has 154 valence electrons. The largest absolute Gasteiger partial charge is 0.496 e. The number of hydrogen-bond acceptors (Lipinski definition) is 4. The molecule has 0 aliphatic rings. The van der Waals surface area contributed by atoms with Crippen molar-refractivity contribution in [3.63, 3.8) is 0 Å². The molecule has 0 spiro atoms. The van der Waals surface area contributed by atoms with E-state index in [1.807, 2.05) is 0 Å². The van der Waals surface area contributed by atoms with Gasteiger partial charge in [-0.2, -0.15) is 13.2 Å². The fourth-order valence-corrected chi connectivity index (χ4v) is 2.51. The Morgan fingerprint density at radius 1 is 1.03 bits per heavy atom. The highest BCUT2D eigenvalue weighted by atomic mass is 19.4. The number of Topliss-reactive ketones (excluding diaryl/α,β-unsaturated/α-hetero) is 1. The van der Waals surface area contributed by atoms with Crippen molar-refractivity contribution in [3.8, 4) is 5.75 Å². The van der Waals surface area contributed by atoms with Crippen LogP contribution in [0.5, 0.6) is 5.75 Å². The third kappa shape index (κ3) is 6.06. The number of carboxylic acids is 1. The van der Waals surface area contributed by atoms with Gasteiger partial charge in [0.05, 0.1) is 24.7 Å². The molecule has 0 bridgehead atoms. The van der Waals surface area contributed by atoms with Crippen LogP contribution in [-0.2, 0) is 17.5 Å². The summed E-state index contributed by atoms with van der Waals surface area (Å²) in [6.07, 6.45) is -4.99. The number of amides is 1. The summed E-state index contributed by atoms with van der Waals surface area (Å²) < 4.78 is 42.9. The second-order valence-electron chi connectivity index (χ2n) is 6.11. The summed E-state index contributed by atoms with van der Waals surface area (Å²) in [4.78, 5) is 35.2. The molecular formula is C20H18F3NO5. The number of aliphatic carboxylic acids is 1. The first-order valence-electron chi connectivity index (χ1n) is 8.49. The van der Waals surface area contributed by atoms with E-state index in [4.69, 9.17) is 9.84 Å². The maximum Gasteiger partial charge on any atom is 0.416 e. The first kappa shape index (κ1) is 21.9. The van der Waals surface area contributed by atoms with E-state index in [1.54, 1.807) is 0 Å². The first-order chi connectivity index (χ1) is 13.6. The van der Waals surface area contributed by atoms with Gasteiger partial charge in [0, 0.05) is 18.5 Å². The van der Waals surface area contributed by atoms with Crippen LogP contribution in [0.1, 0.15) is 44.7 Å². The zero-order chi connectivity index (χ0) is 21.6. The maximum absolute atomic E-state index is 12.6. The van der Waals surface area contributed by atoms with Crippen LogP contribution in [0, 0.1) is 0 Å². The van der Waals surface area contributed by atoms with E-state index < -0.39 is 29.4 Å². The number of carboxylic acid groups (broad SMARTS) is 1. The van der Waals surface area contributed by atoms with E-state index in [0.29, 0.717) is 5.56 Å². The topological polar surface area (TPSA) is 92.7 Å². The molecule has 0 aliphatic carbocycles. The van der Waals surface area contributed by atoms with Gasteiger partial charge in [0.25, 0.3) is 5.91 Å². The zero-order valence-electron chi connectivity index (χ0n) is 15.4. The van der Waals surface area contributed by atoms with Gasteiger partial charge < -0.3 is 15.2 Å². The van der Waals surface area contributed by atoms with Crippen molar-refractivity contribution in [2.75, 3.05) is 7.11 Å². The van der Waals surface area contributed by atoms with Gasteiger partial charge in [0.2, 0.25) is 0 Å². The molecule has 9 heteroatoms. The summed E-state index contributed by atoms with van der Waals surface area (Å²) in [5.74, 6) is -1.94. The Kier molecular flexibility index (Phi) is 6.98. The number of alkyl halides is 3. The van der Waals surface area contributed by atoms with Crippen LogP contribution < -0.4 is 10.1 Å². The van der Waals surface area contributed by atoms with Gasteiger partial charge in [-0.15, -0.1) is 0 Å². The third-order valence-corrected chi connectivity index (χ3v) is 4.07. The van der Waals surface area contributed by atoms with Gasteiger partial charge in [-0.05, 0) is 35.9 Å². The Balaban J connectivity index is 2.11. The number of ketones is 1. The van der Waals surface area contributed by atoms with Gasteiger partial charge >= 0.3 is 12.1 Å². The summed E-state index contributed by atoms with van der Waals surface area (Å²) in [5, 5.41) is 11.2. The molecule has 29 heavy (non-hydrogen) atoms. The van der Waals surface area contributed by atoms with E-state index in [9.17, 15) is 27.6 Å². The third-order valence-electron chi connectivity index (χ3n) is 4.07. The number of methoxy groups -OCH3 is 1. The summed E-state index contributed by atoms with van der Waals surface area (Å²) in [7, 11) is 1.34. The normalized spacial score (nSPS) is 11.0. The van der Waals surface area contributed by atoms with Crippen LogP contribution in [0.25, 0.3) is 0 Å². The molecule has 0 atom stereocenters. The van der Waals surface area contributed by atoms with Gasteiger partial charge in [-0.1, -0.05) is 12.1 Å². The Morgan fingerprint density at radius 2 is 1.69 bits per heavy atom. The average Bonchev–Trinajstić information content (AvgIpc) is 2.69. The highest BCUT2D eigenvalue weighted by Gasteiger charge is 2.29. The van der Waals surface area contributed by atoms with E-state index >= 15 is 0 Å². The monoisotopic (exact) mass is 409 g/mol. The minimum Gasteiger partial charge on any atom is -0.496 e. The van der Waals surface area contributed by atoms with Gasteiger partial charge in [0.1, 0.15) is 5.75 Å². The molecule has 6 nitrogen and oxygen atoms in total. The average molecular weight is 409 g/mol. The van der Waals surface area contributed by atoms with Crippen molar-refractivity contribution >= 4 is 17.7 Å². The molecule has 0 saturated carbocycles. The summed E-state index contributed by atoms with van der Waals surface area (Å²) >= 11 is 0. The predicted molar refractivity (Wildman–Crippen MR) is 96.8 cm³/mol. The van der Waals surface area contributed by atoms with Crippen LogP contribution >= 0.6 is 0 Å². The fourth-order valence-electron chi connectivity index (χ4n) is 2.51. The minimum absolute atomic E-state index is 0.0304. The van der Waals surface area contributed by atoms with Gasteiger partial charge in [-0.25, -0.2) is 0 Å². The number of rotatable bonds is 8. The van der Waals surface area contributed by atoms with Crippen LogP contribution in [-0.4, -0.2) is 29.9 Å². The van der Waals surface area contributed by atoms with E-state index in [0.717, 1.165) is 12.1 Å².